The van der Waals surface area contributed by atoms with E-state index in [1.165, 1.54) is 5.56 Å². The normalized spacial score (nSPS) is 11.5. The summed E-state index contributed by atoms with van der Waals surface area (Å²) in [4.78, 5) is 9.28. The van der Waals surface area contributed by atoms with Crippen molar-refractivity contribution >= 4 is 38.9 Å². The number of phenols is 1. The lowest BCUT2D eigenvalue weighted by molar-refractivity contribution is 0.471. The van der Waals surface area contributed by atoms with Gasteiger partial charge >= 0.3 is 0 Å². The van der Waals surface area contributed by atoms with E-state index in [9.17, 15) is 5.11 Å². The van der Waals surface area contributed by atoms with Gasteiger partial charge in [0, 0.05) is 17.3 Å². The number of nitrogens with zero attached hydrogens (tertiary/aromatic N) is 2. The van der Waals surface area contributed by atoms with Gasteiger partial charge in [0.2, 0.25) is 5.89 Å². The number of halogens is 1. The molecule has 0 amide bonds. The predicted molar refractivity (Wildman–Crippen MR) is 136 cm³/mol. The number of hydrogen-bond acceptors (Lipinski definition) is 4. The lowest BCUT2D eigenvalue weighted by Gasteiger charge is -2.08. The van der Waals surface area contributed by atoms with Crippen LogP contribution in [-0.2, 0) is 6.42 Å². The third-order valence-electron chi connectivity index (χ3n) is 5.50. The first-order chi connectivity index (χ1) is 16.1. The minimum Gasteiger partial charge on any atom is -0.506 e. The molecule has 162 valence electrons. The molecule has 1 N–H and O–H groups in total. The van der Waals surface area contributed by atoms with Gasteiger partial charge in [0.05, 0.1) is 10.2 Å². The van der Waals surface area contributed by atoms with Crippen LogP contribution in [-0.4, -0.2) is 16.3 Å². The number of aromatic nitrogens is 1. The van der Waals surface area contributed by atoms with Crippen molar-refractivity contribution in [2.24, 2.45) is 4.99 Å². The van der Waals surface area contributed by atoms with Crippen molar-refractivity contribution < 1.29 is 9.52 Å². The first-order valence-electron chi connectivity index (χ1n) is 10.6. The van der Waals surface area contributed by atoms with Crippen LogP contribution in [0.1, 0.15) is 22.3 Å². The molecule has 0 saturated carbocycles. The molecule has 0 bridgehead atoms. The number of phenolic OH excluding ortho intramolecular Hbond substituents is 1. The summed E-state index contributed by atoms with van der Waals surface area (Å²) in [6.45, 7) is 2.00. The molecule has 4 aromatic carbocycles. The second-order valence-corrected chi connectivity index (χ2v) is 8.78. The van der Waals surface area contributed by atoms with Crippen LogP contribution in [0.25, 0.3) is 22.6 Å². The van der Waals surface area contributed by atoms with E-state index in [1.807, 2.05) is 79.7 Å². The summed E-state index contributed by atoms with van der Waals surface area (Å²) in [6.07, 6.45) is 2.47. The molecule has 0 aliphatic heterocycles. The molecule has 33 heavy (non-hydrogen) atoms. The Kier molecular flexibility index (Phi) is 5.80. The number of aliphatic imine (C=N–C) groups is 1. The van der Waals surface area contributed by atoms with Gasteiger partial charge in [-0.1, -0.05) is 48.5 Å². The number of benzene rings is 4. The lowest BCUT2D eigenvalue weighted by atomic mass is 10.0. The molecule has 0 saturated heterocycles. The minimum atomic E-state index is 0.170. The number of rotatable bonds is 5. The Balaban J connectivity index is 1.47. The quantitative estimate of drug-likeness (QED) is 0.254. The van der Waals surface area contributed by atoms with Crippen molar-refractivity contribution in [2.45, 2.75) is 13.3 Å². The molecule has 1 heterocycles. The number of aromatic hydroxyl groups is 1. The molecule has 0 unspecified atom stereocenters. The van der Waals surface area contributed by atoms with Crippen LogP contribution < -0.4 is 0 Å². The average molecular weight is 497 g/mol. The summed E-state index contributed by atoms with van der Waals surface area (Å²) in [5.41, 5.74) is 7.19. The summed E-state index contributed by atoms with van der Waals surface area (Å²) >= 11 is 3.48. The third-order valence-corrected chi connectivity index (χ3v) is 6.10. The number of hydrogen-bond donors (Lipinski definition) is 1. The van der Waals surface area contributed by atoms with Crippen LogP contribution in [0.15, 0.2) is 98.8 Å². The molecule has 5 heteroatoms. The van der Waals surface area contributed by atoms with Gasteiger partial charge in [-0.2, -0.15) is 0 Å². The van der Waals surface area contributed by atoms with Gasteiger partial charge in [-0.3, -0.25) is 4.99 Å². The highest BCUT2D eigenvalue weighted by Gasteiger charge is 2.11. The molecule has 1 aromatic heterocycles. The maximum atomic E-state index is 10.6. The maximum Gasteiger partial charge on any atom is 0.227 e. The first kappa shape index (κ1) is 21.2. The van der Waals surface area contributed by atoms with Crippen LogP contribution in [0.5, 0.6) is 5.75 Å². The molecular weight excluding hydrogens is 476 g/mol. The van der Waals surface area contributed by atoms with Crippen molar-refractivity contribution in [1.82, 2.24) is 4.98 Å². The van der Waals surface area contributed by atoms with Crippen molar-refractivity contribution in [3.63, 3.8) is 0 Å². The van der Waals surface area contributed by atoms with E-state index in [4.69, 9.17) is 9.41 Å². The Bertz CT molecular complexity index is 1440. The van der Waals surface area contributed by atoms with Crippen LogP contribution in [0.2, 0.25) is 0 Å². The smallest absolute Gasteiger partial charge is 0.227 e. The van der Waals surface area contributed by atoms with Gasteiger partial charge in [-0.15, -0.1) is 0 Å². The van der Waals surface area contributed by atoms with Crippen LogP contribution in [0.3, 0.4) is 0 Å². The summed E-state index contributed by atoms with van der Waals surface area (Å²) < 4.78 is 6.56. The maximum absolute atomic E-state index is 10.6. The van der Waals surface area contributed by atoms with E-state index < -0.39 is 0 Å². The summed E-state index contributed by atoms with van der Waals surface area (Å²) in [7, 11) is 0. The first-order valence-corrected chi connectivity index (χ1v) is 11.4. The topological polar surface area (TPSA) is 58.6 Å². The largest absolute Gasteiger partial charge is 0.506 e. The third kappa shape index (κ3) is 4.59. The molecule has 0 radical (unpaired) electrons. The Morgan fingerprint density at radius 3 is 2.55 bits per heavy atom. The van der Waals surface area contributed by atoms with Crippen molar-refractivity contribution in [3.8, 4) is 17.2 Å². The monoisotopic (exact) mass is 496 g/mol. The molecule has 5 rings (SSSR count). The SMILES string of the molecule is Cc1ccc(-c2nc3ccccc3o2)cc1N=Cc1cc(Cc2ccccc2)cc(Br)c1O. The Morgan fingerprint density at radius 2 is 1.73 bits per heavy atom. The van der Waals surface area contributed by atoms with E-state index >= 15 is 0 Å². The number of fused-ring (bicyclic) bond motifs is 1. The fraction of sp³-hybridized carbons (Fsp3) is 0.0714. The van der Waals surface area contributed by atoms with Crippen LogP contribution in [0.4, 0.5) is 5.69 Å². The van der Waals surface area contributed by atoms with Gasteiger partial charge in [0.25, 0.3) is 0 Å². The van der Waals surface area contributed by atoms with Gasteiger partial charge < -0.3 is 9.52 Å². The highest BCUT2D eigenvalue weighted by atomic mass is 79.9. The number of para-hydroxylation sites is 2. The molecular formula is C28H21BrN2O2. The summed E-state index contributed by atoms with van der Waals surface area (Å²) in [6, 6.07) is 27.8. The predicted octanol–water partition coefficient (Wildman–Crippen LogP) is 7.61. The number of oxazole rings is 1. The Hall–Kier alpha value is -3.70. The minimum absolute atomic E-state index is 0.170. The van der Waals surface area contributed by atoms with E-state index in [1.54, 1.807) is 6.21 Å². The molecule has 4 nitrogen and oxygen atoms in total. The van der Waals surface area contributed by atoms with E-state index in [0.717, 1.165) is 39.9 Å². The second-order valence-electron chi connectivity index (χ2n) is 7.92. The number of aryl methyl sites for hydroxylation is 1. The fourth-order valence-electron chi connectivity index (χ4n) is 3.73. The zero-order valence-electron chi connectivity index (χ0n) is 18.0. The second kappa shape index (κ2) is 9.04. The Labute approximate surface area is 200 Å². The fourth-order valence-corrected chi connectivity index (χ4v) is 4.25. The van der Waals surface area contributed by atoms with E-state index in [0.29, 0.717) is 15.9 Å². The van der Waals surface area contributed by atoms with Gasteiger partial charge in [0.15, 0.2) is 5.58 Å². The highest BCUT2D eigenvalue weighted by molar-refractivity contribution is 9.10. The zero-order chi connectivity index (χ0) is 22.8. The molecule has 0 aliphatic rings. The van der Waals surface area contributed by atoms with Crippen molar-refractivity contribution in [2.75, 3.05) is 0 Å². The lowest BCUT2D eigenvalue weighted by Crippen LogP contribution is -1.92. The highest BCUT2D eigenvalue weighted by Crippen LogP contribution is 2.32. The van der Waals surface area contributed by atoms with Gasteiger partial charge in [0.1, 0.15) is 11.3 Å². The van der Waals surface area contributed by atoms with Crippen LogP contribution in [0, 0.1) is 6.92 Å². The van der Waals surface area contributed by atoms with Crippen molar-refractivity contribution in [3.05, 3.63) is 112 Å². The standard InChI is InChI=1S/C28H21BrN2O2/c1-18-11-12-21(28-31-24-9-5-6-10-26(24)33-28)16-25(18)30-17-22-14-20(15-23(29)27(22)32)13-19-7-3-2-4-8-19/h2-12,14-17,32H,13H2,1H3. The van der Waals surface area contributed by atoms with E-state index in [2.05, 4.69) is 33.0 Å². The molecule has 0 aliphatic carbocycles. The zero-order valence-corrected chi connectivity index (χ0v) is 19.6. The Morgan fingerprint density at radius 1 is 0.939 bits per heavy atom. The summed E-state index contributed by atoms with van der Waals surface area (Å²) in [5, 5.41) is 10.6. The molecule has 0 spiro atoms. The average Bonchev–Trinajstić information content (AvgIpc) is 3.26. The van der Waals surface area contributed by atoms with E-state index in [-0.39, 0.29) is 5.75 Å². The van der Waals surface area contributed by atoms with Crippen molar-refractivity contribution in [1.29, 1.82) is 0 Å². The van der Waals surface area contributed by atoms with Crippen LogP contribution >= 0.6 is 15.9 Å². The summed E-state index contributed by atoms with van der Waals surface area (Å²) in [5.74, 6) is 0.728. The molecule has 5 aromatic rings. The van der Waals surface area contributed by atoms with Gasteiger partial charge in [-0.05, 0) is 82.4 Å². The molecule has 0 fully saturated rings. The molecule has 0 atom stereocenters. The van der Waals surface area contributed by atoms with Gasteiger partial charge in [-0.25, -0.2) is 4.98 Å².